The van der Waals surface area contributed by atoms with E-state index in [0.717, 1.165) is 5.56 Å². The van der Waals surface area contributed by atoms with Gasteiger partial charge in [0.05, 0.1) is 12.9 Å². The quantitative estimate of drug-likeness (QED) is 0.891. The van der Waals surface area contributed by atoms with E-state index in [9.17, 15) is 9.18 Å². The Balaban J connectivity index is 1.72. The minimum Gasteiger partial charge on any atom is -0.368 e. The second kappa shape index (κ2) is 6.50. The van der Waals surface area contributed by atoms with Gasteiger partial charge in [-0.05, 0) is 49.9 Å². The average Bonchev–Trinajstić information content (AvgIpc) is 3.30. The maximum Gasteiger partial charge on any atom is 0.254 e. The van der Waals surface area contributed by atoms with Gasteiger partial charge in [-0.25, -0.2) is 9.37 Å². The molecule has 1 N–H and O–H groups in total. The van der Waals surface area contributed by atoms with Crippen LogP contribution >= 0.6 is 0 Å². The average molecular weight is 317 g/mol. The summed E-state index contributed by atoms with van der Waals surface area (Å²) >= 11 is 0. The van der Waals surface area contributed by atoms with Crippen molar-refractivity contribution in [3.8, 4) is 11.3 Å². The fourth-order valence-corrected chi connectivity index (χ4v) is 2.26. The van der Waals surface area contributed by atoms with Crippen LogP contribution in [0, 0.1) is 11.7 Å². The summed E-state index contributed by atoms with van der Waals surface area (Å²) in [6, 6.07) is 6.02. The van der Waals surface area contributed by atoms with Crippen LogP contribution in [0.2, 0.25) is 0 Å². The highest BCUT2D eigenvalue weighted by molar-refractivity contribution is 5.96. The number of benzene rings is 1. The van der Waals surface area contributed by atoms with Crippen molar-refractivity contribution in [1.82, 2.24) is 9.55 Å². The summed E-state index contributed by atoms with van der Waals surface area (Å²) in [5.74, 6) is 0.662. The standard InChI is InChI=1S/C17H20FN3O2/c1-11(23-9-12-3-4-12)17(22)20-16-15(19-10-21(16)2)13-5-7-14(18)8-6-13/h5-8,10-12H,3-4,9H2,1-2H3,(H,20,22)/t11-/m1/s1. The van der Waals surface area contributed by atoms with Crippen LogP contribution in [0.1, 0.15) is 19.8 Å². The number of carbonyl (C=O) groups excluding carboxylic acids is 1. The zero-order chi connectivity index (χ0) is 16.4. The first-order valence-electron chi connectivity index (χ1n) is 7.74. The lowest BCUT2D eigenvalue weighted by molar-refractivity contribution is -0.126. The van der Waals surface area contributed by atoms with E-state index in [0.29, 0.717) is 24.0 Å². The molecule has 0 radical (unpaired) electrons. The molecule has 1 aliphatic carbocycles. The molecule has 1 saturated carbocycles. The molecule has 0 aliphatic heterocycles. The summed E-state index contributed by atoms with van der Waals surface area (Å²) in [6.45, 7) is 2.37. The Morgan fingerprint density at radius 2 is 2.13 bits per heavy atom. The largest absolute Gasteiger partial charge is 0.368 e. The molecule has 1 aliphatic rings. The van der Waals surface area contributed by atoms with E-state index in [1.807, 2.05) is 0 Å². The predicted molar refractivity (Wildman–Crippen MR) is 85.4 cm³/mol. The fourth-order valence-electron chi connectivity index (χ4n) is 2.26. The van der Waals surface area contributed by atoms with Crippen molar-refractivity contribution >= 4 is 11.7 Å². The van der Waals surface area contributed by atoms with Crippen molar-refractivity contribution < 1.29 is 13.9 Å². The van der Waals surface area contributed by atoms with E-state index < -0.39 is 6.10 Å². The number of aromatic nitrogens is 2. The molecule has 0 saturated heterocycles. The number of amides is 1. The summed E-state index contributed by atoms with van der Waals surface area (Å²) in [5, 5.41) is 2.86. The molecule has 1 fully saturated rings. The van der Waals surface area contributed by atoms with Crippen LogP contribution in [0.5, 0.6) is 0 Å². The van der Waals surface area contributed by atoms with Crippen molar-refractivity contribution in [3.63, 3.8) is 0 Å². The third kappa shape index (κ3) is 3.76. The van der Waals surface area contributed by atoms with Gasteiger partial charge in [-0.2, -0.15) is 0 Å². The zero-order valence-electron chi connectivity index (χ0n) is 13.3. The second-order valence-electron chi connectivity index (χ2n) is 5.97. The number of nitrogens with one attached hydrogen (secondary N) is 1. The molecule has 1 heterocycles. The summed E-state index contributed by atoms with van der Waals surface area (Å²) < 4.78 is 20.4. The van der Waals surface area contributed by atoms with E-state index >= 15 is 0 Å². The highest BCUT2D eigenvalue weighted by atomic mass is 19.1. The molecule has 1 atom stereocenters. The van der Waals surface area contributed by atoms with Gasteiger partial charge >= 0.3 is 0 Å². The van der Waals surface area contributed by atoms with Crippen LogP contribution in [-0.4, -0.2) is 28.2 Å². The van der Waals surface area contributed by atoms with Gasteiger partial charge < -0.3 is 14.6 Å². The molecule has 1 amide bonds. The number of imidazole rings is 1. The summed E-state index contributed by atoms with van der Waals surface area (Å²) in [5.41, 5.74) is 1.35. The molecule has 2 aromatic rings. The van der Waals surface area contributed by atoms with E-state index in [4.69, 9.17) is 4.74 Å². The molecular weight excluding hydrogens is 297 g/mol. The van der Waals surface area contributed by atoms with Crippen LogP contribution < -0.4 is 5.32 Å². The second-order valence-corrected chi connectivity index (χ2v) is 5.97. The summed E-state index contributed by atoms with van der Waals surface area (Å²) in [4.78, 5) is 16.6. The van der Waals surface area contributed by atoms with E-state index in [1.54, 1.807) is 37.0 Å². The van der Waals surface area contributed by atoms with Gasteiger partial charge in [0, 0.05) is 12.6 Å². The van der Waals surface area contributed by atoms with Crippen molar-refractivity contribution in [2.75, 3.05) is 11.9 Å². The van der Waals surface area contributed by atoms with Crippen molar-refractivity contribution in [2.24, 2.45) is 13.0 Å². The smallest absolute Gasteiger partial charge is 0.254 e. The van der Waals surface area contributed by atoms with Gasteiger partial charge in [-0.1, -0.05) is 0 Å². The van der Waals surface area contributed by atoms with Crippen LogP contribution in [-0.2, 0) is 16.6 Å². The lowest BCUT2D eigenvalue weighted by Gasteiger charge is -2.14. The third-order valence-electron chi connectivity index (χ3n) is 3.94. The molecule has 122 valence electrons. The first-order chi connectivity index (χ1) is 11.0. The van der Waals surface area contributed by atoms with Gasteiger partial charge in [0.1, 0.15) is 23.4 Å². The van der Waals surface area contributed by atoms with Crippen molar-refractivity contribution in [3.05, 3.63) is 36.4 Å². The van der Waals surface area contributed by atoms with Gasteiger partial charge in [-0.15, -0.1) is 0 Å². The molecule has 0 unspecified atom stereocenters. The Morgan fingerprint density at radius 3 is 2.78 bits per heavy atom. The minimum absolute atomic E-state index is 0.211. The topological polar surface area (TPSA) is 56.1 Å². The van der Waals surface area contributed by atoms with Crippen molar-refractivity contribution in [1.29, 1.82) is 0 Å². The number of anilines is 1. The first-order valence-corrected chi connectivity index (χ1v) is 7.74. The van der Waals surface area contributed by atoms with Gasteiger partial charge in [-0.3, -0.25) is 4.79 Å². The minimum atomic E-state index is -0.522. The Labute approximate surface area is 134 Å². The predicted octanol–water partition coefficient (Wildman–Crippen LogP) is 2.98. The molecular formula is C17H20FN3O2. The Morgan fingerprint density at radius 1 is 1.43 bits per heavy atom. The highest BCUT2D eigenvalue weighted by Gasteiger charge is 2.25. The summed E-state index contributed by atoms with van der Waals surface area (Å²) in [7, 11) is 1.80. The van der Waals surface area contributed by atoms with Crippen LogP contribution in [0.4, 0.5) is 10.2 Å². The van der Waals surface area contributed by atoms with Crippen molar-refractivity contribution in [2.45, 2.75) is 25.9 Å². The number of aryl methyl sites for hydroxylation is 1. The molecule has 0 bridgehead atoms. The normalized spacial score (nSPS) is 15.4. The SMILES string of the molecule is C[C@@H](OCC1CC1)C(=O)Nc1c(-c2ccc(F)cc2)ncn1C. The Bertz CT molecular complexity index is 692. The number of carbonyl (C=O) groups is 1. The number of nitrogens with zero attached hydrogens (tertiary/aromatic N) is 2. The molecule has 1 aromatic heterocycles. The molecule has 5 nitrogen and oxygen atoms in total. The van der Waals surface area contributed by atoms with Gasteiger partial charge in [0.25, 0.3) is 5.91 Å². The third-order valence-corrected chi connectivity index (χ3v) is 3.94. The van der Waals surface area contributed by atoms with E-state index in [2.05, 4.69) is 10.3 Å². The van der Waals surface area contributed by atoms with E-state index in [1.165, 1.54) is 25.0 Å². The number of hydrogen-bond donors (Lipinski definition) is 1. The Hall–Kier alpha value is -2.21. The van der Waals surface area contributed by atoms with Crippen LogP contribution in [0.15, 0.2) is 30.6 Å². The monoisotopic (exact) mass is 317 g/mol. The maximum absolute atomic E-state index is 13.1. The molecule has 23 heavy (non-hydrogen) atoms. The number of halogens is 1. The van der Waals surface area contributed by atoms with Gasteiger partial charge in [0.15, 0.2) is 0 Å². The fraction of sp³-hybridized carbons (Fsp3) is 0.412. The lowest BCUT2D eigenvalue weighted by Crippen LogP contribution is -2.29. The first kappa shape index (κ1) is 15.7. The maximum atomic E-state index is 13.1. The molecule has 1 aromatic carbocycles. The van der Waals surface area contributed by atoms with Crippen LogP contribution in [0.25, 0.3) is 11.3 Å². The zero-order valence-corrected chi connectivity index (χ0v) is 13.3. The van der Waals surface area contributed by atoms with Gasteiger partial charge in [0.2, 0.25) is 0 Å². The number of ether oxygens (including phenoxy) is 1. The summed E-state index contributed by atoms with van der Waals surface area (Å²) in [6.07, 6.45) is 3.46. The molecule has 0 spiro atoms. The molecule has 6 heteroatoms. The molecule has 3 rings (SSSR count). The number of rotatable bonds is 6. The van der Waals surface area contributed by atoms with Crippen LogP contribution in [0.3, 0.4) is 0 Å². The number of hydrogen-bond acceptors (Lipinski definition) is 3. The van der Waals surface area contributed by atoms with E-state index in [-0.39, 0.29) is 11.7 Å². The lowest BCUT2D eigenvalue weighted by atomic mass is 10.1. The Kier molecular flexibility index (Phi) is 4.43. The highest BCUT2D eigenvalue weighted by Crippen LogP contribution is 2.29.